The molecule has 7 nitrogen and oxygen atoms in total. The molecule has 0 radical (unpaired) electrons. The largest absolute Gasteiger partial charge is 0.354 e. The van der Waals surface area contributed by atoms with Crippen LogP contribution in [0.25, 0.3) is 0 Å². The van der Waals surface area contributed by atoms with Crippen LogP contribution >= 0.6 is 11.6 Å². The lowest BCUT2D eigenvalue weighted by molar-refractivity contribution is 0.617. The van der Waals surface area contributed by atoms with Crippen molar-refractivity contribution in [2.24, 2.45) is 4.99 Å². The summed E-state index contributed by atoms with van der Waals surface area (Å²) < 4.78 is 11.7. The van der Waals surface area contributed by atoms with Gasteiger partial charge in [-0.1, -0.05) is 30.3 Å². The Morgan fingerprint density at radius 2 is 1.85 bits per heavy atom. The molecule has 0 bridgehead atoms. The molecule has 1 saturated heterocycles. The number of nitrogens with zero attached hydrogens (tertiary/aromatic N) is 5. The predicted molar refractivity (Wildman–Crippen MR) is 110 cm³/mol. The number of benzene rings is 1. The summed E-state index contributed by atoms with van der Waals surface area (Å²) in [5.74, 6) is 2.79. The molecule has 0 saturated carbocycles. The Labute approximate surface area is 165 Å². The third-order valence-electron chi connectivity index (χ3n) is 4.61. The summed E-state index contributed by atoms with van der Waals surface area (Å²) in [5, 5.41) is 2.12. The van der Waals surface area contributed by atoms with Crippen LogP contribution < -0.4 is 15.3 Å². The fourth-order valence-electron chi connectivity index (χ4n) is 3.22. The van der Waals surface area contributed by atoms with Crippen molar-refractivity contribution in [1.29, 1.82) is 0 Å². The molecule has 1 aromatic heterocycles. The standard InChI is InChI=1S/C18H21ClN6OS/c19-18-22-16(24-8-10-27(26)11-9-24)15-12-20-13-25(17(15)23-18)21-7-6-14-4-2-1-3-5-14/h1-5,12,21H,6-11,13H2. The number of hydrogen-bond donors (Lipinski definition) is 1. The maximum absolute atomic E-state index is 11.7. The van der Waals surface area contributed by atoms with Gasteiger partial charge in [-0.15, -0.1) is 0 Å². The second-order valence-electron chi connectivity index (χ2n) is 6.41. The van der Waals surface area contributed by atoms with E-state index >= 15 is 0 Å². The molecule has 0 amide bonds. The number of aliphatic imine (C=N–C) groups is 1. The summed E-state index contributed by atoms with van der Waals surface area (Å²) in [5.41, 5.74) is 5.52. The number of nitrogens with one attached hydrogen (secondary N) is 1. The third-order valence-corrected chi connectivity index (χ3v) is 6.06. The van der Waals surface area contributed by atoms with E-state index < -0.39 is 10.8 Å². The summed E-state index contributed by atoms with van der Waals surface area (Å²) in [4.78, 5) is 15.4. The number of halogens is 1. The van der Waals surface area contributed by atoms with E-state index in [2.05, 4.69) is 37.4 Å². The first-order chi connectivity index (χ1) is 13.2. The van der Waals surface area contributed by atoms with Gasteiger partial charge < -0.3 is 4.90 Å². The van der Waals surface area contributed by atoms with E-state index in [4.69, 9.17) is 11.6 Å². The van der Waals surface area contributed by atoms with Gasteiger partial charge in [0.15, 0.2) is 5.82 Å². The second kappa shape index (κ2) is 8.33. The number of aromatic nitrogens is 2. The minimum absolute atomic E-state index is 0.209. The molecule has 0 aliphatic carbocycles. The molecule has 9 heteroatoms. The van der Waals surface area contributed by atoms with Crippen LogP contribution in [0.15, 0.2) is 35.3 Å². The first kappa shape index (κ1) is 18.3. The maximum atomic E-state index is 11.7. The number of hydrogen-bond acceptors (Lipinski definition) is 7. The molecule has 1 N–H and O–H groups in total. The first-order valence-electron chi connectivity index (χ1n) is 8.93. The summed E-state index contributed by atoms with van der Waals surface area (Å²) in [7, 11) is -0.746. The first-order valence-corrected chi connectivity index (χ1v) is 10.8. The predicted octanol–water partition coefficient (Wildman–Crippen LogP) is 1.64. The molecule has 0 atom stereocenters. The van der Waals surface area contributed by atoms with Crippen molar-refractivity contribution in [3.05, 3.63) is 46.7 Å². The molecule has 2 aromatic rings. The van der Waals surface area contributed by atoms with Crippen LogP contribution in [0.5, 0.6) is 0 Å². The van der Waals surface area contributed by atoms with Crippen LogP contribution in [0.1, 0.15) is 11.1 Å². The van der Waals surface area contributed by atoms with Crippen molar-refractivity contribution in [1.82, 2.24) is 15.4 Å². The van der Waals surface area contributed by atoms with Gasteiger partial charge in [0, 0.05) is 48.2 Å². The van der Waals surface area contributed by atoms with E-state index in [-0.39, 0.29) is 5.28 Å². The molecule has 2 aliphatic heterocycles. The molecule has 0 spiro atoms. The Balaban J connectivity index is 1.52. The van der Waals surface area contributed by atoms with Crippen LogP contribution in [0.3, 0.4) is 0 Å². The monoisotopic (exact) mass is 404 g/mol. The number of fused-ring (bicyclic) bond motifs is 1. The van der Waals surface area contributed by atoms with Crippen molar-refractivity contribution in [3.63, 3.8) is 0 Å². The molecule has 1 aromatic carbocycles. The molecule has 1 fully saturated rings. The highest BCUT2D eigenvalue weighted by molar-refractivity contribution is 7.85. The fraction of sp³-hybridized carbons (Fsp3) is 0.389. The van der Waals surface area contributed by atoms with Crippen LogP contribution in [-0.4, -0.2) is 58.2 Å². The van der Waals surface area contributed by atoms with Crippen molar-refractivity contribution in [3.8, 4) is 0 Å². The smallest absolute Gasteiger partial charge is 0.226 e. The maximum Gasteiger partial charge on any atom is 0.226 e. The fourth-order valence-corrected chi connectivity index (χ4v) is 4.43. The van der Waals surface area contributed by atoms with Gasteiger partial charge in [0.05, 0.1) is 5.56 Å². The van der Waals surface area contributed by atoms with Gasteiger partial charge in [-0.2, -0.15) is 9.97 Å². The second-order valence-corrected chi connectivity index (χ2v) is 8.45. The van der Waals surface area contributed by atoms with Gasteiger partial charge in [-0.05, 0) is 23.6 Å². The van der Waals surface area contributed by atoms with Crippen molar-refractivity contribution >= 4 is 40.3 Å². The molecule has 142 valence electrons. The minimum Gasteiger partial charge on any atom is -0.354 e. The Hall–Kier alpha value is -2.03. The Kier molecular flexibility index (Phi) is 5.66. The summed E-state index contributed by atoms with van der Waals surface area (Å²) in [6, 6.07) is 10.3. The molecule has 2 aliphatic rings. The van der Waals surface area contributed by atoms with Gasteiger partial charge in [0.2, 0.25) is 5.28 Å². The molecular weight excluding hydrogens is 384 g/mol. The average Bonchev–Trinajstić information content (AvgIpc) is 2.69. The van der Waals surface area contributed by atoms with Crippen molar-refractivity contribution < 1.29 is 4.21 Å². The average molecular weight is 405 g/mol. The van der Waals surface area contributed by atoms with E-state index in [1.807, 2.05) is 29.4 Å². The van der Waals surface area contributed by atoms with Crippen LogP contribution in [-0.2, 0) is 17.2 Å². The van der Waals surface area contributed by atoms with Gasteiger partial charge >= 0.3 is 0 Å². The lowest BCUT2D eigenvalue weighted by atomic mass is 10.2. The number of rotatable bonds is 5. The third kappa shape index (κ3) is 4.28. The normalized spacial score (nSPS) is 17.2. The zero-order valence-corrected chi connectivity index (χ0v) is 16.4. The minimum atomic E-state index is -0.746. The molecule has 27 heavy (non-hydrogen) atoms. The SMILES string of the molecule is O=S1CCN(c2nc(Cl)nc3c2C=NCN3NCCc2ccccc2)CC1. The van der Waals surface area contributed by atoms with E-state index in [9.17, 15) is 4.21 Å². The topological polar surface area (TPSA) is 73.7 Å². The Bertz CT molecular complexity index is 852. The highest BCUT2D eigenvalue weighted by Crippen LogP contribution is 2.29. The summed E-state index contributed by atoms with van der Waals surface area (Å²) in [6.45, 7) is 2.63. The van der Waals surface area contributed by atoms with E-state index in [0.29, 0.717) is 31.3 Å². The van der Waals surface area contributed by atoms with Gasteiger partial charge in [0.1, 0.15) is 12.5 Å². The summed E-state index contributed by atoms with van der Waals surface area (Å²) in [6.07, 6.45) is 2.71. The van der Waals surface area contributed by atoms with E-state index in [0.717, 1.165) is 30.2 Å². The number of hydrazine groups is 1. The molecule has 0 unspecified atom stereocenters. The van der Waals surface area contributed by atoms with Gasteiger partial charge in [-0.3, -0.25) is 14.2 Å². The van der Waals surface area contributed by atoms with Crippen LogP contribution in [0.4, 0.5) is 11.6 Å². The Morgan fingerprint density at radius 1 is 1.11 bits per heavy atom. The number of anilines is 2. The van der Waals surface area contributed by atoms with Crippen LogP contribution in [0.2, 0.25) is 5.28 Å². The van der Waals surface area contributed by atoms with E-state index in [1.165, 1.54) is 5.56 Å². The zero-order chi connectivity index (χ0) is 18.6. The Morgan fingerprint density at radius 3 is 2.63 bits per heavy atom. The van der Waals surface area contributed by atoms with Gasteiger partial charge in [-0.25, -0.2) is 5.43 Å². The highest BCUT2D eigenvalue weighted by atomic mass is 35.5. The molecular formula is C18H21ClN6OS. The lowest BCUT2D eigenvalue weighted by Crippen LogP contribution is -2.44. The van der Waals surface area contributed by atoms with Gasteiger partial charge in [0.25, 0.3) is 0 Å². The van der Waals surface area contributed by atoms with Crippen LogP contribution in [0, 0.1) is 0 Å². The van der Waals surface area contributed by atoms with Crippen molar-refractivity contribution in [2.45, 2.75) is 6.42 Å². The van der Waals surface area contributed by atoms with E-state index in [1.54, 1.807) is 0 Å². The molecule has 3 heterocycles. The quantitative estimate of drug-likeness (QED) is 0.764. The zero-order valence-electron chi connectivity index (χ0n) is 14.8. The lowest BCUT2D eigenvalue weighted by Gasteiger charge is -2.32. The molecule has 4 rings (SSSR count). The van der Waals surface area contributed by atoms with Crippen molar-refractivity contribution in [2.75, 3.05) is 47.7 Å². The summed E-state index contributed by atoms with van der Waals surface area (Å²) >= 11 is 6.22. The highest BCUT2D eigenvalue weighted by Gasteiger charge is 2.26.